The van der Waals surface area contributed by atoms with E-state index in [4.69, 9.17) is 4.42 Å². The maximum Gasteiger partial charge on any atom is 0.136 e. The van der Waals surface area contributed by atoms with Gasteiger partial charge in [0, 0.05) is 38.5 Å². The minimum absolute atomic E-state index is 0.320. The standard InChI is InChI=1S/C58H41NO/c1-57(40-16-5-3-6-17-40)50-24-13-10-22-48(50)56-51(57)25-15-26-53(56)59(42-31-28-38(29-32-42)39-30-34-47-46-21-11-14-27-54(46)60-55(47)36-39)43-33-35-45-44-20-9-12-23-49(44)58(2,52(45)37-43)41-18-7-4-8-19-41/h3-37H,1-2H3. The van der Waals surface area contributed by atoms with E-state index in [-0.39, 0.29) is 10.8 Å². The second kappa shape index (κ2) is 13.0. The zero-order valence-corrected chi connectivity index (χ0v) is 33.6. The summed E-state index contributed by atoms with van der Waals surface area (Å²) in [6.45, 7) is 4.79. The second-order valence-electron chi connectivity index (χ2n) is 16.7. The maximum absolute atomic E-state index is 6.31. The lowest BCUT2D eigenvalue weighted by Crippen LogP contribution is -2.23. The third kappa shape index (κ3) is 4.88. The third-order valence-electron chi connectivity index (χ3n) is 13.7. The van der Waals surface area contributed by atoms with Crippen LogP contribution in [0.2, 0.25) is 0 Å². The van der Waals surface area contributed by atoms with Gasteiger partial charge in [0.1, 0.15) is 11.2 Å². The molecule has 2 nitrogen and oxygen atoms in total. The molecule has 0 saturated heterocycles. The van der Waals surface area contributed by atoms with Crippen molar-refractivity contribution in [1.82, 2.24) is 0 Å². The fourth-order valence-electron chi connectivity index (χ4n) is 10.6. The molecule has 12 rings (SSSR count). The number of benzene rings is 9. The van der Waals surface area contributed by atoms with Crippen LogP contribution in [0.25, 0.3) is 55.3 Å². The molecule has 0 aliphatic heterocycles. The molecule has 2 aliphatic carbocycles. The highest BCUT2D eigenvalue weighted by Crippen LogP contribution is 2.58. The van der Waals surface area contributed by atoms with Gasteiger partial charge >= 0.3 is 0 Å². The molecule has 284 valence electrons. The maximum atomic E-state index is 6.31. The lowest BCUT2D eigenvalue weighted by Gasteiger charge is -2.32. The van der Waals surface area contributed by atoms with Crippen LogP contribution in [0.1, 0.15) is 47.2 Å². The lowest BCUT2D eigenvalue weighted by atomic mass is 9.74. The van der Waals surface area contributed by atoms with Crippen molar-refractivity contribution in [3.8, 4) is 33.4 Å². The Morgan fingerprint density at radius 1 is 0.367 bits per heavy atom. The van der Waals surface area contributed by atoms with E-state index in [9.17, 15) is 0 Å². The molecule has 2 atom stereocenters. The molecule has 0 fully saturated rings. The molecule has 0 N–H and O–H groups in total. The molecule has 9 aromatic carbocycles. The van der Waals surface area contributed by atoms with Crippen LogP contribution < -0.4 is 4.90 Å². The van der Waals surface area contributed by atoms with Crippen molar-refractivity contribution in [3.63, 3.8) is 0 Å². The van der Waals surface area contributed by atoms with Crippen molar-refractivity contribution in [2.75, 3.05) is 4.90 Å². The van der Waals surface area contributed by atoms with Gasteiger partial charge in [0.05, 0.1) is 5.69 Å². The third-order valence-corrected chi connectivity index (χ3v) is 13.7. The average Bonchev–Trinajstić information content (AvgIpc) is 3.91. The van der Waals surface area contributed by atoms with Gasteiger partial charge in [-0.2, -0.15) is 0 Å². The Labute approximate surface area is 350 Å². The monoisotopic (exact) mass is 767 g/mol. The summed E-state index contributed by atoms with van der Waals surface area (Å²) in [5.41, 5.74) is 19.8. The predicted molar refractivity (Wildman–Crippen MR) is 249 cm³/mol. The predicted octanol–water partition coefficient (Wildman–Crippen LogP) is 15.4. The molecule has 0 saturated carbocycles. The number of para-hydroxylation sites is 1. The second-order valence-corrected chi connectivity index (χ2v) is 16.7. The summed E-state index contributed by atoms with van der Waals surface area (Å²) in [5.74, 6) is 0. The summed E-state index contributed by atoms with van der Waals surface area (Å²) in [6.07, 6.45) is 0. The molecular weight excluding hydrogens is 727 g/mol. The van der Waals surface area contributed by atoms with Crippen LogP contribution >= 0.6 is 0 Å². The quantitative estimate of drug-likeness (QED) is 0.168. The molecule has 60 heavy (non-hydrogen) atoms. The van der Waals surface area contributed by atoms with Crippen LogP contribution in [0.5, 0.6) is 0 Å². The summed E-state index contributed by atoms with van der Waals surface area (Å²) >= 11 is 0. The van der Waals surface area contributed by atoms with Gasteiger partial charge in [0.2, 0.25) is 0 Å². The fraction of sp³-hybridized carbons (Fsp3) is 0.0690. The van der Waals surface area contributed by atoms with Crippen molar-refractivity contribution in [2.45, 2.75) is 24.7 Å². The Kier molecular flexibility index (Phi) is 7.52. The Hall–Kier alpha value is -7.42. The number of hydrogen-bond acceptors (Lipinski definition) is 2. The van der Waals surface area contributed by atoms with Crippen molar-refractivity contribution < 1.29 is 4.42 Å². The van der Waals surface area contributed by atoms with Gasteiger partial charge in [-0.05, 0) is 124 Å². The van der Waals surface area contributed by atoms with Crippen molar-refractivity contribution >= 4 is 39.0 Å². The molecule has 0 spiro atoms. The number of hydrogen-bond donors (Lipinski definition) is 0. The Balaban J connectivity index is 1.07. The van der Waals surface area contributed by atoms with E-state index in [2.05, 4.69) is 219 Å². The topological polar surface area (TPSA) is 16.4 Å². The highest BCUT2D eigenvalue weighted by Gasteiger charge is 2.44. The first-order valence-corrected chi connectivity index (χ1v) is 20.9. The smallest absolute Gasteiger partial charge is 0.136 e. The molecule has 0 radical (unpaired) electrons. The number of fused-ring (bicyclic) bond motifs is 9. The molecule has 1 heterocycles. The van der Waals surface area contributed by atoms with E-state index in [0.29, 0.717) is 0 Å². The number of nitrogens with zero attached hydrogens (tertiary/aromatic N) is 1. The Morgan fingerprint density at radius 3 is 1.67 bits per heavy atom. The van der Waals surface area contributed by atoms with E-state index >= 15 is 0 Å². The fourth-order valence-corrected chi connectivity index (χ4v) is 10.6. The van der Waals surface area contributed by atoms with Gasteiger partial charge in [-0.1, -0.05) is 164 Å². The normalized spacial score (nSPS) is 17.3. The zero-order valence-electron chi connectivity index (χ0n) is 33.6. The highest BCUT2D eigenvalue weighted by molar-refractivity contribution is 6.06. The van der Waals surface area contributed by atoms with Crippen LogP contribution in [0.4, 0.5) is 17.1 Å². The number of anilines is 3. The van der Waals surface area contributed by atoms with Crippen LogP contribution in [-0.2, 0) is 10.8 Å². The molecule has 0 amide bonds. The SMILES string of the molecule is CC1(c2ccccc2)c2ccccc2-c2ccc(N(c3ccc(-c4ccc5c(c4)oc4ccccc45)cc3)c3cccc4c3-c3ccccc3C4(C)c3ccccc3)cc21. The lowest BCUT2D eigenvalue weighted by molar-refractivity contribution is 0.669. The van der Waals surface area contributed by atoms with Gasteiger partial charge in [-0.3, -0.25) is 0 Å². The molecule has 1 aromatic heterocycles. The number of furan rings is 1. The van der Waals surface area contributed by atoms with Crippen LogP contribution in [-0.4, -0.2) is 0 Å². The largest absolute Gasteiger partial charge is 0.456 e. The van der Waals surface area contributed by atoms with E-state index in [0.717, 1.165) is 50.1 Å². The number of rotatable bonds is 6. The van der Waals surface area contributed by atoms with E-state index in [1.165, 1.54) is 55.6 Å². The summed E-state index contributed by atoms with van der Waals surface area (Å²) in [6, 6.07) is 77.9. The highest BCUT2D eigenvalue weighted by atomic mass is 16.3. The minimum Gasteiger partial charge on any atom is -0.456 e. The summed E-state index contributed by atoms with van der Waals surface area (Å²) < 4.78 is 6.31. The molecule has 0 bridgehead atoms. The molecule has 10 aromatic rings. The first-order chi connectivity index (χ1) is 29.5. The molecule has 2 aliphatic rings. The van der Waals surface area contributed by atoms with Gasteiger partial charge < -0.3 is 9.32 Å². The van der Waals surface area contributed by atoms with E-state index in [1.807, 2.05) is 12.1 Å². The molecule has 2 heteroatoms. The summed E-state index contributed by atoms with van der Waals surface area (Å²) in [4.78, 5) is 2.49. The summed E-state index contributed by atoms with van der Waals surface area (Å²) in [7, 11) is 0. The minimum atomic E-state index is -0.328. The van der Waals surface area contributed by atoms with Gasteiger partial charge in [-0.15, -0.1) is 0 Å². The Bertz CT molecular complexity index is 3290. The van der Waals surface area contributed by atoms with Crippen molar-refractivity contribution in [2.24, 2.45) is 0 Å². The van der Waals surface area contributed by atoms with Crippen LogP contribution in [0.15, 0.2) is 217 Å². The average molecular weight is 768 g/mol. The van der Waals surface area contributed by atoms with Gasteiger partial charge in [0.15, 0.2) is 0 Å². The van der Waals surface area contributed by atoms with Gasteiger partial charge in [0.25, 0.3) is 0 Å². The molecule has 2 unspecified atom stereocenters. The van der Waals surface area contributed by atoms with Crippen LogP contribution in [0.3, 0.4) is 0 Å². The van der Waals surface area contributed by atoms with Gasteiger partial charge in [-0.25, -0.2) is 0 Å². The molecular formula is C58H41NO. The van der Waals surface area contributed by atoms with Crippen LogP contribution in [0, 0.1) is 0 Å². The van der Waals surface area contributed by atoms with E-state index < -0.39 is 0 Å². The Morgan fingerprint density at radius 2 is 0.917 bits per heavy atom. The first-order valence-electron chi connectivity index (χ1n) is 20.9. The van der Waals surface area contributed by atoms with E-state index in [1.54, 1.807) is 0 Å². The summed E-state index contributed by atoms with van der Waals surface area (Å²) in [5, 5.41) is 2.28. The van der Waals surface area contributed by atoms with Crippen molar-refractivity contribution in [1.29, 1.82) is 0 Å². The van der Waals surface area contributed by atoms with Crippen molar-refractivity contribution in [3.05, 3.63) is 246 Å². The first kappa shape index (κ1) is 34.6. The zero-order chi connectivity index (χ0) is 40.0.